The molecule has 0 saturated carbocycles. The van der Waals surface area contributed by atoms with Gasteiger partial charge >= 0.3 is 0 Å². The molecule has 0 aliphatic carbocycles. The summed E-state index contributed by atoms with van der Waals surface area (Å²) in [4.78, 5) is 6.42. The Morgan fingerprint density at radius 2 is 2.00 bits per heavy atom. The Labute approximate surface area is 147 Å². The number of pyridine rings is 1. The predicted molar refractivity (Wildman–Crippen MR) is 94.0 cm³/mol. The van der Waals surface area contributed by atoms with Crippen molar-refractivity contribution in [3.63, 3.8) is 0 Å². The first-order valence-electron chi connectivity index (χ1n) is 8.87. The van der Waals surface area contributed by atoms with E-state index < -0.39 is 0 Å². The number of hydrogen-bond donors (Lipinski definition) is 0. The summed E-state index contributed by atoms with van der Waals surface area (Å²) in [5, 5.41) is 0. The number of hydrogen-bond acceptors (Lipinski definition) is 4. The SMILES string of the molecule is Fc1ccc(N2CCC3(CC2)CC(OCc2cccnc2)CO3)cc1. The van der Waals surface area contributed by atoms with E-state index in [9.17, 15) is 4.39 Å². The van der Waals surface area contributed by atoms with E-state index in [0.717, 1.165) is 43.6 Å². The van der Waals surface area contributed by atoms with Crippen LogP contribution >= 0.6 is 0 Å². The van der Waals surface area contributed by atoms with Gasteiger partial charge in [-0.15, -0.1) is 0 Å². The molecular weight excluding hydrogens is 319 g/mol. The lowest BCUT2D eigenvalue weighted by Crippen LogP contribution is -2.44. The van der Waals surface area contributed by atoms with Crippen molar-refractivity contribution in [3.05, 3.63) is 60.2 Å². The number of nitrogens with zero attached hydrogens (tertiary/aromatic N) is 2. The quantitative estimate of drug-likeness (QED) is 0.851. The molecular formula is C20H23FN2O2. The second-order valence-electron chi connectivity index (χ2n) is 6.96. The Kier molecular flexibility index (Phi) is 4.68. The summed E-state index contributed by atoms with van der Waals surface area (Å²) in [5.41, 5.74) is 2.11. The van der Waals surface area contributed by atoms with Crippen LogP contribution in [0, 0.1) is 5.82 Å². The third-order valence-electron chi connectivity index (χ3n) is 5.25. The van der Waals surface area contributed by atoms with Crippen LogP contribution in [0.3, 0.4) is 0 Å². The van der Waals surface area contributed by atoms with E-state index in [0.29, 0.717) is 13.2 Å². The van der Waals surface area contributed by atoms with E-state index in [-0.39, 0.29) is 17.5 Å². The molecule has 5 heteroatoms. The summed E-state index contributed by atoms with van der Waals surface area (Å²) >= 11 is 0. The largest absolute Gasteiger partial charge is 0.372 e. The lowest BCUT2D eigenvalue weighted by Gasteiger charge is -2.39. The maximum absolute atomic E-state index is 13.1. The first-order chi connectivity index (χ1) is 12.2. The lowest BCUT2D eigenvalue weighted by atomic mass is 9.87. The second kappa shape index (κ2) is 7.10. The van der Waals surface area contributed by atoms with Gasteiger partial charge in [-0.1, -0.05) is 6.07 Å². The summed E-state index contributed by atoms with van der Waals surface area (Å²) in [6.07, 6.45) is 6.68. The smallest absolute Gasteiger partial charge is 0.123 e. The van der Waals surface area contributed by atoms with Crippen molar-refractivity contribution in [1.29, 1.82) is 0 Å². The van der Waals surface area contributed by atoms with E-state index in [1.54, 1.807) is 6.20 Å². The molecule has 4 nitrogen and oxygen atoms in total. The molecule has 0 bridgehead atoms. The summed E-state index contributed by atoms with van der Waals surface area (Å²) in [6.45, 7) is 3.11. The Hall–Kier alpha value is -1.98. The molecule has 132 valence electrons. The van der Waals surface area contributed by atoms with Crippen LogP contribution in [0.2, 0.25) is 0 Å². The zero-order chi connectivity index (χ0) is 17.1. The molecule has 3 heterocycles. The Morgan fingerprint density at radius 3 is 2.72 bits per heavy atom. The average Bonchev–Trinajstić information content (AvgIpc) is 3.05. The third kappa shape index (κ3) is 3.83. The highest BCUT2D eigenvalue weighted by atomic mass is 19.1. The van der Waals surface area contributed by atoms with Gasteiger partial charge in [0, 0.05) is 37.6 Å². The molecule has 0 N–H and O–H groups in total. The molecule has 1 spiro atoms. The number of ether oxygens (including phenoxy) is 2. The number of rotatable bonds is 4. The van der Waals surface area contributed by atoms with Crippen LogP contribution < -0.4 is 4.90 Å². The maximum Gasteiger partial charge on any atom is 0.123 e. The van der Waals surface area contributed by atoms with Gasteiger partial charge in [0.2, 0.25) is 0 Å². The molecule has 2 aliphatic rings. The first-order valence-corrected chi connectivity index (χ1v) is 8.87. The van der Waals surface area contributed by atoms with E-state index in [1.165, 1.54) is 12.1 Å². The zero-order valence-electron chi connectivity index (χ0n) is 14.2. The van der Waals surface area contributed by atoms with Crippen molar-refractivity contribution >= 4 is 5.69 Å². The van der Waals surface area contributed by atoms with Crippen LogP contribution in [-0.4, -0.2) is 36.4 Å². The van der Waals surface area contributed by atoms with Crippen molar-refractivity contribution in [1.82, 2.24) is 4.98 Å². The van der Waals surface area contributed by atoms with E-state index in [4.69, 9.17) is 9.47 Å². The molecule has 1 atom stereocenters. The second-order valence-corrected chi connectivity index (χ2v) is 6.96. The van der Waals surface area contributed by atoms with Crippen LogP contribution in [0.4, 0.5) is 10.1 Å². The highest BCUT2D eigenvalue weighted by molar-refractivity contribution is 5.46. The van der Waals surface area contributed by atoms with Gasteiger partial charge in [0.25, 0.3) is 0 Å². The van der Waals surface area contributed by atoms with Gasteiger partial charge in [0.1, 0.15) is 5.82 Å². The van der Waals surface area contributed by atoms with E-state index in [2.05, 4.69) is 9.88 Å². The molecule has 2 fully saturated rings. The fourth-order valence-corrected chi connectivity index (χ4v) is 3.78. The Balaban J connectivity index is 1.29. The number of benzene rings is 1. The van der Waals surface area contributed by atoms with Crippen LogP contribution in [0.5, 0.6) is 0 Å². The molecule has 25 heavy (non-hydrogen) atoms. The van der Waals surface area contributed by atoms with E-state index in [1.807, 2.05) is 30.5 Å². The molecule has 2 aromatic rings. The van der Waals surface area contributed by atoms with Gasteiger partial charge in [-0.2, -0.15) is 0 Å². The van der Waals surface area contributed by atoms with Crippen molar-refractivity contribution in [2.45, 2.75) is 37.6 Å². The highest BCUT2D eigenvalue weighted by Crippen LogP contribution is 2.38. The van der Waals surface area contributed by atoms with Crippen molar-refractivity contribution in [2.24, 2.45) is 0 Å². The van der Waals surface area contributed by atoms with Gasteiger partial charge in [0.15, 0.2) is 0 Å². The van der Waals surface area contributed by atoms with Crippen molar-refractivity contribution in [3.8, 4) is 0 Å². The molecule has 2 saturated heterocycles. The topological polar surface area (TPSA) is 34.6 Å². The minimum absolute atomic E-state index is 0.0594. The number of piperidine rings is 1. The molecule has 0 amide bonds. The zero-order valence-corrected chi connectivity index (χ0v) is 14.2. The summed E-state index contributed by atoms with van der Waals surface area (Å²) in [6, 6.07) is 10.7. The fraction of sp³-hybridized carbons (Fsp3) is 0.450. The van der Waals surface area contributed by atoms with Gasteiger partial charge in [-0.25, -0.2) is 4.39 Å². The molecule has 1 aromatic carbocycles. The van der Waals surface area contributed by atoms with Crippen LogP contribution in [0.15, 0.2) is 48.8 Å². The van der Waals surface area contributed by atoms with Crippen molar-refractivity contribution in [2.75, 3.05) is 24.6 Å². The molecule has 1 aromatic heterocycles. The predicted octanol–water partition coefficient (Wildman–Crippen LogP) is 3.57. The normalized spacial score (nSPS) is 22.4. The summed E-state index contributed by atoms with van der Waals surface area (Å²) in [5.74, 6) is -0.190. The lowest BCUT2D eigenvalue weighted by molar-refractivity contribution is -0.0203. The van der Waals surface area contributed by atoms with Gasteiger partial charge in [-0.05, 0) is 48.7 Å². The fourth-order valence-electron chi connectivity index (χ4n) is 3.78. The number of anilines is 1. The van der Waals surface area contributed by atoms with Crippen LogP contribution in [0.25, 0.3) is 0 Å². The Morgan fingerprint density at radius 1 is 1.20 bits per heavy atom. The standard InChI is InChI=1S/C20H23FN2O2/c21-17-3-5-18(6-4-17)23-10-7-20(8-11-23)12-19(15-25-20)24-14-16-2-1-9-22-13-16/h1-6,9,13,19H,7-8,10-12,14-15H2. The van der Waals surface area contributed by atoms with Gasteiger partial charge < -0.3 is 14.4 Å². The Bertz CT molecular complexity index is 685. The van der Waals surface area contributed by atoms with Gasteiger partial charge in [-0.3, -0.25) is 4.98 Å². The molecule has 1 unspecified atom stereocenters. The minimum atomic E-state index is -0.190. The first kappa shape index (κ1) is 16.5. The summed E-state index contributed by atoms with van der Waals surface area (Å²) in [7, 11) is 0. The highest BCUT2D eigenvalue weighted by Gasteiger charge is 2.43. The maximum atomic E-state index is 13.1. The minimum Gasteiger partial charge on any atom is -0.372 e. The monoisotopic (exact) mass is 342 g/mol. The van der Waals surface area contributed by atoms with Crippen LogP contribution in [0.1, 0.15) is 24.8 Å². The van der Waals surface area contributed by atoms with Crippen LogP contribution in [-0.2, 0) is 16.1 Å². The number of aromatic nitrogens is 1. The van der Waals surface area contributed by atoms with Crippen molar-refractivity contribution < 1.29 is 13.9 Å². The number of halogens is 1. The van der Waals surface area contributed by atoms with Gasteiger partial charge in [0.05, 0.1) is 24.9 Å². The molecule has 2 aliphatic heterocycles. The summed E-state index contributed by atoms with van der Waals surface area (Å²) < 4.78 is 25.3. The molecule has 4 rings (SSSR count). The molecule has 0 radical (unpaired) electrons. The average molecular weight is 342 g/mol. The van der Waals surface area contributed by atoms with E-state index >= 15 is 0 Å². The third-order valence-corrected chi connectivity index (χ3v) is 5.25.